The molecule has 2 rings (SSSR count). The van der Waals surface area contributed by atoms with Crippen LogP contribution in [0.1, 0.15) is 38.4 Å². The van der Waals surface area contributed by atoms with E-state index in [1.807, 2.05) is 0 Å². The van der Waals surface area contributed by atoms with E-state index in [4.69, 9.17) is 4.74 Å². The van der Waals surface area contributed by atoms with Crippen molar-refractivity contribution in [1.29, 1.82) is 0 Å². The molecule has 1 aromatic heterocycles. The van der Waals surface area contributed by atoms with E-state index in [1.54, 1.807) is 25.4 Å². The lowest BCUT2D eigenvalue weighted by Gasteiger charge is -2.32. The molecular formula is C19H28N4O5S. The number of ether oxygens (including phenoxy) is 1. The second kappa shape index (κ2) is 11.8. The minimum absolute atomic E-state index is 0.00622. The summed E-state index contributed by atoms with van der Waals surface area (Å²) in [6.07, 6.45) is 6.10. The van der Waals surface area contributed by atoms with Crippen LogP contribution in [0.25, 0.3) is 0 Å². The zero-order valence-corrected chi connectivity index (χ0v) is 17.4. The summed E-state index contributed by atoms with van der Waals surface area (Å²) < 4.78 is 32.6. The maximum Gasteiger partial charge on any atom is 0.233 e. The number of hydrogen-bond acceptors (Lipinski definition) is 7. The Morgan fingerprint density at radius 3 is 2.69 bits per heavy atom. The molecule has 1 amide bonds. The van der Waals surface area contributed by atoms with Gasteiger partial charge < -0.3 is 4.74 Å². The first kappa shape index (κ1) is 23.2. The Bertz CT molecular complexity index is 786. The zero-order chi connectivity index (χ0) is 21.1. The molecule has 1 fully saturated rings. The minimum atomic E-state index is -3.62. The van der Waals surface area contributed by atoms with Crippen molar-refractivity contribution in [3.05, 3.63) is 24.3 Å². The Morgan fingerprint density at radius 2 is 2.07 bits per heavy atom. The van der Waals surface area contributed by atoms with Crippen molar-refractivity contribution in [1.82, 2.24) is 19.3 Å². The Morgan fingerprint density at radius 1 is 1.38 bits per heavy atom. The molecule has 1 aliphatic rings. The van der Waals surface area contributed by atoms with E-state index in [0.29, 0.717) is 62.7 Å². The molecule has 9 nitrogen and oxygen atoms in total. The number of carbonyl (C=O) groups is 1. The molecule has 2 heterocycles. The summed E-state index contributed by atoms with van der Waals surface area (Å²) in [6, 6.07) is 0.890. The lowest BCUT2D eigenvalue weighted by Crippen LogP contribution is -2.46. The topological polar surface area (TPSA) is 113 Å². The molecule has 0 bridgehead atoms. The molecule has 0 radical (unpaired) electrons. The van der Waals surface area contributed by atoms with Gasteiger partial charge in [-0.1, -0.05) is 5.92 Å². The van der Waals surface area contributed by atoms with Crippen molar-refractivity contribution in [2.24, 2.45) is 0 Å². The smallest absolute Gasteiger partial charge is 0.233 e. The van der Waals surface area contributed by atoms with Crippen LogP contribution in [0.5, 0.6) is 0 Å². The summed E-state index contributed by atoms with van der Waals surface area (Å²) in [7, 11) is -3.62. The van der Waals surface area contributed by atoms with Gasteiger partial charge >= 0.3 is 0 Å². The Balaban J connectivity index is 1.88. The number of sulfonamides is 1. The summed E-state index contributed by atoms with van der Waals surface area (Å²) >= 11 is 0. The van der Waals surface area contributed by atoms with Gasteiger partial charge in [-0.15, -0.1) is 5.92 Å². The fraction of sp³-hybridized carbons (Fsp3) is 0.632. The van der Waals surface area contributed by atoms with Crippen LogP contribution in [-0.2, 0) is 26.0 Å². The summed E-state index contributed by atoms with van der Waals surface area (Å²) in [6.45, 7) is 2.79. The Hall–Kier alpha value is -2.06. The summed E-state index contributed by atoms with van der Waals surface area (Å²) in [4.78, 5) is 19.3. The molecule has 1 aromatic rings. The third-order valence-electron chi connectivity index (χ3n) is 4.80. The van der Waals surface area contributed by atoms with Crippen molar-refractivity contribution in [2.45, 2.75) is 51.2 Å². The molecule has 1 N–H and O–H groups in total. The Kier molecular flexibility index (Phi) is 9.47. The van der Waals surface area contributed by atoms with Crippen molar-refractivity contribution in [3.8, 4) is 11.8 Å². The molecular weight excluding hydrogens is 396 g/mol. The molecule has 1 atom stereocenters. The average molecular weight is 425 g/mol. The number of piperidine rings is 1. The average Bonchev–Trinajstić information content (AvgIpc) is 2.73. The highest BCUT2D eigenvalue weighted by atomic mass is 32.2. The van der Waals surface area contributed by atoms with Gasteiger partial charge in [0.1, 0.15) is 12.4 Å². The number of carbonyl (C=O) groups excluding carboxylic acids is 1. The van der Waals surface area contributed by atoms with E-state index in [1.165, 1.54) is 4.31 Å². The molecule has 0 aromatic carbocycles. The maximum atomic E-state index is 12.8. The molecule has 1 unspecified atom stereocenters. The summed E-state index contributed by atoms with van der Waals surface area (Å²) in [5, 5.41) is 10.3. The third-order valence-corrected chi connectivity index (χ3v) is 6.76. The predicted octanol–water partition coefficient (Wildman–Crippen LogP) is 0.850. The number of nitrogens with zero attached hydrogens (tertiary/aromatic N) is 4. The van der Waals surface area contributed by atoms with Crippen molar-refractivity contribution >= 4 is 16.4 Å². The highest BCUT2D eigenvalue weighted by molar-refractivity contribution is 7.89. The first-order chi connectivity index (χ1) is 14.0. The highest BCUT2D eigenvalue weighted by Gasteiger charge is 2.32. The standard InChI is InChI=1S/C19H28N4O5S/c1-2-3-14-28-18-8-12-22(13-9-18)29(26,27)15-17(23(25)16-24)6-4-7-19-20-10-5-11-21-19/h5,10-11,16-18,25H,4,6-9,12-15H2,1H3. The first-order valence-corrected chi connectivity index (χ1v) is 11.2. The van der Waals surface area contributed by atoms with Gasteiger partial charge in [0.15, 0.2) is 0 Å². The van der Waals surface area contributed by atoms with Crippen LogP contribution in [-0.4, -0.2) is 77.0 Å². The predicted molar refractivity (Wildman–Crippen MR) is 106 cm³/mol. The van der Waals surface area contributed by atoms with E-state index in [-0.39, 0.29) is 18.3 Å². The first-order valence-electron chi connectivity index (χ1n) is 9.63. The van der Waals surface area contributed by atoms with Gasteiger partial charge in [-0.05, 0) is 38.7 Å². The van der Waals surface area contributed by atoms with Crippen LogP contribution in [0.4, 0.5) is 0 Å². The van der Waals surface area contributed by atoms with Crippen LogP contribution in [0.3, 0.4) is 0 Å². The molecule has 0 aliphatic carbocycles. The minimum Gasteiger partial charge on any atom is -0.365 e. The van der Waals surface area contributed by atoms with Crippen LogP contribution in [0, 0.1) is 11.8 Å². The van der Waals surface area contributed by atoms with Gasteiger partial charge in [0.25, 0.3) is 0 Å². The Labute approximate surface area is 172 Å². The molecule has 29 heavy (non-hydrogen) atoms. The molecule has 160 valence electrons. The van der Waals surface area contributed by atoms with Crippen molar-refractivity contribution in [3.63, 3.8) is 0 Å². The van der Waals surface area contributed by atoms with E-state index < -0.39 is 16.1 Å². The second-order valence-electron chi connectivity index (χ2n) is 6.81. The van der Waals surface area contributed by atoms with E-state index in [2.05, 4.69) is 21.8 Å². The van der Waals surface area contributed by atoms with Gasteiger partial charge in [0.05, 0.1) is 17.9 Å². The zero-order valence-electron chi connectivity index (χ0n) is 16.6. The quantitative estimate of drug-likeness (QED) is 0.242. The van der Waals surface area contributed by atoms with Crippen molar-refractivity contribution in [2.75, 3.05) is 25.4 Å². The van der Waals surface area contributed by atoms with E-state index in [9.17, 15) is 18.4 Å². The molecule has 1 saturated heterocycles. The van der Waals surface area contributed by atoms with Crippen LogP contribution >= 0.6 is 0 Å². The van der Waals surface area contributed by atoms with Crippen LogP contribution in [0.15, 0.2) is 18.5 Å². The molecule has 1 aliphatic heterocycles. The SMILES string of the molecule is CC#CCOC1CCN(S(=O)(=O)CC(CCCc2ncccn2)N(O)C=O)CC1. The normalized spacial score (nSPS) is 16.6. The number of hydroxylamine groups is 2. The van der Waals surface area contributed by atoms with Crippen molar-refractivity contribution < 1.29 is 23.2 Å². The largest absolute Gasteiger partial charge is 0.365 e. The number of aryl methyl sites for hydroxylation is 1. The van der Waals surface area contributed by atoms with Gasteiger partial charge in [-0.25, -0.2) is 27.8 Å². The van der Waals surface area contributed by atoms with Gasteiger partial charge in [0.2, 0.25) is 16.4 Å². The lowest BCUT2D eigenvalue weighted by atomic mass is 10.1. The molecule has 10 heteroatoms. The van der Waals surface area contributed by atoms with E-state index in [0.717, 1.165) is 0 Å². The number of rotatable bonds is 11. The monoisotopic (exact) mass is 424 g/mol. The third kappa shape index (κ3) is 7.70. The number of hydrogen-bond donors (Lipinski definition) is 1. The van der Waals surface area contributed by atoms with Crippen LogP contribution in [0.2, 0.25) is 0 Å². The number of amides is 1. The van der Waals surface area contributed by atoms with Gasteiger partial charge in [-0.2, -0.15) is 0 Å². The van der Waals surface area contributed by atoms with Gasteiger partial charge in [-0.3, -0.25) is 10.0 Å². The molecule has 0 spiro atoms. The summed E-state index contributed by atoms with van der Waals surface area (Å²) in [5.74, 6) is 5.90. The molecule has 0 saturated carbocycles. The maximum absolute atomic E-state index is 12.8. The van der Waals surface area contributed by atoms with Gasteiger partial charge in [0, 0.05) is 31.9 Å². The van der Waals surface area contributed by atoms with Crippen LogP contribution < -0.4 is 0 Å². The second-order valence-corrected chi connectivity index (χ2v) is 8.82. The summed E-state index contributed by atoms with van der Waals surface area (Å²) in [5.41, 5.74) is 0. The number of aromatic nitrogens is 2. The van der Waals surface area contributed by atoms with E-state index >= 15 is 0 Å². The lowest BCUT2D eigenvalue weighted by molar-refractivity contribution is -0.158. The fourth-order valence-corrected chi connectivity index (χ4v) is 4.97. The highest BCUT2D eigenvalue weighted by Crippen LogP contribution is 2.19. The fourth-order valence-electron chi connectivity index (χ4n) is 3.19.